The van der Waals surface area contributed by atoms with E-state index >= 15 is 0 Å². The number of aliphatic imine (C=N–C) groups is 1. The quantitative estimate of drug-likeness (QED) is 0.246. The number of ether oxygens (including phenoxy) is 1. The first-order chi connectivity index (χ1) is 10.9. The summed E-state index contributed by atoms with van der Waals surface area (Å²) in [5.74, 6) is 1.52. The predicted molar refractivity (Wildman–Crippen MR) is 108 cm³/mol. The lowest BCUT2D eigenvalue weighted by Crippen LogP contribution is -2.43. The van der Waals surface area contributed by atoms with Crippen LogP contribution in [0.3, 0.4) is 0 Å². The maximum atomic E-state index is 11.2. The van der Waals surface area contributed by atoms with Gasteiger partial charge in [-0.3, -0.25) is 4.98 Å². The Labute approximate surface area is 161 Å². The summed E-state index contributed by atoms with van der Waals surface area (Å²) in [6.07, 6.45) is 5.13. The van der Waals surface area contributed by atoms with Gasteiger partial charge in [0.1, 0.15) is 22.2 Å². The van der Waals surface area contributed by atoms with E-state index in [1.54, 1.807) is 12.4 Å². The van der Waals surface area contributed by atoms with Crippen LogP contribution in [0, 0.1) is 0 Å². The standard InChI is InChI=1S/C15H26N4O3S.HI/c1-4-17-15(19-13(2)7-11-23(3,20)21)18-9-10-22-14-6-5-8-16-12-14;/h5-6,8,12-13H,4,7,9-11H2,1-3H3,(H2,17,18,19);1H. The molecule has 0 fully saturated rings. The zero-order valence-electron chi connectivity index (χ0n) is 14.4. The van der Waals surface area contributed by atoms with Crippen LogP contribution in [0.15, 0.2) is 29.5 Å². The van der Waals surface area contributed by atoms with Crippen molar-refractivity contribution in [2.75, 3.05) is 31.7 Å². The summed E-state index contributed by atoms with van der Waals surface area (Å²) < 4.78 is 27.9. The van der Waals surface area contributed by atoms with Gasteiger partial charge in [-0.25, -0.2) is 13.4 Å². The number of nitrogens with one attached hydrogen (secondary N) is 2. The summed E-state index contributed by atoms with van der Waals surface area (Å²) in [5.41, 5.74) is 0. The molecule has 24 heavy (non-hydrogen) atoms. The number of sulfone groups is 1. The normalized spacial score (nSPS) is 12.9. The third kappa shape index (κ3) is 11.4. The van der Waals surface area contributed by atoms with Gasteiger partial charge in [0, 0.05) is 25.0 Å². The summed E-state index contributed by atoms with van der Waals surface area (Å²) in [6.45, 7) is 5.58. The smallest absolute Gasteiger partial charge is 0.191 e. The topological polar surface area (TPSA) is 92.7 Å². The van der Waals surface area contributed by atoms with Gasteiger partial charge in [0.2, 0.25) is 0 Å². The minimum Gasteiger partial charge on any atom is -0.490 e. The molecule has 0 aliphatic rings. The highest BCUT2D eigenvalue weighted by molar-refractivity contribution is 14.0. The van der Waals surface area contributed by atoms with Gasteiger partial charge < -0.3 is 15.4 Å². The third-order valence-electron chi connectivity index (χ3n) is 2.91. The first-order valence-electron chi connectivity index (χ1n) is 7.66. The Morgan fingerprint density at radius 1 is 1.46 bits per heavy atom. The molecular formula is C15H27IN4O3S. The van der Waals surface area contributed by atoms with Crippen molar-refractivity contribution in [2.24, 2.45) is 4.99 Å². The van der Waals surface area contributed by atoms with Crippen molar-refractivity contribution in [1.82, 2.24) is 15.6 Å². The fraction of sp³-hybridized carbons (Fsp3) is 0.600. The summed E-state index contributed by atoms with van der Waals surface area (Å²) >= 11 is 0. The summed E-state index contributed by atoms with van der Waals surface area (Å²) in [7, 11) is -2.95. The molecule has 0 aliphatic heterocycles. The molecule has 1 atom stereocenters. The van der Waals surface area contributed by atoms with Gasteiger partial charge in [-0.05, 0) is 32.4 Å². The molecule has 0 aromatic carbocycles. The molecule has 9 heteroatoms. The number of hydrogen-bond acceptors (Lipinski definition) is 5. The fourth-order valence-corrected chi connectivity index (χ4v) is 2.55. The molecule has 0 radical (unpaired) electrons. The van der Waals surface area contributed by atoms with E-state index < -0.39 is 9.84 Å². The lowest BCUT2D eigenvalue weighted by Gasteiger charge is -2.17. The molecule has 1 aromatic heterocycles. The molecule has 0 bridgehead atoms. The maximum Gasteiger partial charge on any atom is 0.191 e. The van der Waals surface area contributed by atoms with Crippen molar-refractivity contribution in [3.63, 3.8) is 0 Å². The van der Waals surface area contributed by atoms with Crippen molar-refractivity contribution < 1.29 is 13.2 Å². The van der Waals surface area contributed by atoms with E-state index in [-0.39, 0.29) is 35.8 Å². The molecule has 1 heterocycles. The van der Waals surface area contributed by atoms with Crippen molar-refractivity contribution in [1.29, 1.82) is 0 Å². The summed E-state index contributed by atoms with van der Waals surface area (Å²) in [6, 6.07) is 3.67. The first-order valence-corrected chi connectivity index (χ1v) is 9.72. The van der Waals surface area contributed by atoms with Crippen LogP contribution in [0.4, 0.5) is 0 Å². The largest absolute Gasteiger partial charge is 0.490 e. The van der Waals surface area contributed by atoms with E-state index in [0.29, 0.717) is 31.3 Å². The molecule has 0 spiro atoms. The van der Waals surface area contributed by atoms with Crippen LogP contribution in [0.2, 0.25) is 0 Å². The van der Waals surface area contributed by atoms with Crippen LogP contribution in [-0.4, -0.2) is 57.1 Å². The molecule has 2 N–H and O–H groups in total. The average Bonchev–Trinajstić information content (AvgIpc) is 2.50. The molecule has 0 saturated heterocycles. The van der Waals surface area contributed by atoms with E-state index in [9.17, 15) is 8.42 Å². The summed E-state index contributed by atoms with van der Waals surface area (Å²) in [4.78, 5) is 8.39. The molecule has 1 rings (SSSR count). The predicted octanol–water partition coefficient (Wildman–Crippen LogP) is 1.46. The lowest BCUT2D eigenvalue weighted by atomic mass is 10.3. The van der Waals surface area contributed by atoms with Crippen molar-refractivity contribution >= 4 is 39.8 Å². The highest BCUT2D eigenvalue weighted by Gasteiger charge is 2.09. The van der Waals surface area contributed by atoms with Crippen LogP contribution in [0.1, 0.15) is 20.3 Å². The first kappa shape index (κ1) is 22.9. The van der Waals surface area contributed by atoms with Crippen molar-refractivity contribution in [3.05, 3.63) is 24.5 Å². The van der Waals surface area contributed by atoms with Gasteiger partial charge in [-0.2, -0.15) is 0 Å². The van der Waals surface area contributed by atoms with Gasteiger partial charge in [0.25, 0.3) is 0 Å². The van der Waals surface area contributed by atoms with Gasteiger partial charge in [0.05, 0.1) is 18.5 Å². The van der Waals surface area contributed by atoms with Gasteiger partial charge in [-0.1, -0.05) is 0 Å². The van der Waals surface area contributed by atoms with E-state index in [0.717, 1.165) is 6.54 Å². The Hall–Kier alpha value is -1.10. The lowest BCUT2D eigenvalue weighted by molar-refractivity contribution is 0.327. The van der Waals surface area contributed by atoms with Gasteiger partial charge in [0.15, 0.2) is 5.96 Å². The maximum absolute atomic E-state index is 11.2. The Morgan fingerprint density at radius 3 is 2.79 bits per heavy atom. The number of pyridine rings is 1. The zero-order valence-corrected chi connectivity index (χ0v) is 17.5. The van der Waals surface area contributed by atoms with Crippen LogP contribution >= 0.6 is 24.0 Å². The Balaban J connectivity index is 0.00000529. The molecule has 0 saturated carbocycles. The SMILES string of the molecule is CCNC(=NCCOc1cccnc1)NC(C)CCS(C)(=O)=O.I. The van der Waals surface area contributed by atoms with Crippen LogP contribution in [0.5, 0.6) is 5.75 Å². The monoisotopic (exact) mass is 470 g/mol. The molecule has 1 aromatic rings. The average molecular weight is 470 g/mol. The van der Waals surface area contributed by atoms with E-state index in [1.807, 2.05) is 26.0 Å². The van der Waals surface area contributed by atoms with Gasteiger partial charge in [-0.15, -0.1) is 24.0 Å². The molecule has 0 aliphatic carbocycles. The highest BCUT2D eigenvalue weighted by atomic mass is 127. The van der Waals surface area contributed by atoms with Crippen LogP contribution in [0.25, 0.3) is 0 Å². The molecular weight excluding hydrogens is 443 g/mol. The van der Waals surface area contributed by atoms with Gasteiger partial charge >= 0.3 is 0 Å². The Kier molecular flexibility index (Phi) is 11.7. The van der Waals surface area contributed by atoms with Crippen molar-refractivity contribution in [2.45, 2.75) is 26.3 Å². The number of rotatable bonds is 9. The summed E-state index contributed by atoms with van der Waals surface area (Å²) in [5, 5.41) is 6.33. The second-order valence-corrected chi connectivity index (χ2v) is 7.52. The number of nitrogens with zero attached hydrogens (tertiary/aromatic N) is 2. The Bertz CT molecular complexity index is 582. The second-order valence-electron chi connectivity index (χ2n) is 5.26. The second kappa shape index (κ2) is 12.3. The van der Waals surface area contributed by atoms with Crippen LogP contribution < -0.4 is 15.4 Å². The number of hydrogen-bond donors (Lipinski definition) is 2. The highest BCUT2D eigenvalue weighted by Crippen LogP contribution is 2.05. The molecule has 1 unspecified atom stereocenters. The number of aromatic nitrogens is 1. The fourth-order valence-electron chi connectivity index (χ4n) is 1.77. The minimum absolute atomic E-state index is 0. The van der Waals surface area contributed by atoms with E-state index in [4.69, 9.17) is 4.74 Å². The van der Waals surface area contributed by atoms with E-state index in [1.165, 1.54) is 6.26 Å². The molecule has 7 nitrogen and oxygen atoms in total. The number of guanidine groups is 1. The molecule has 0 amide bonds. The minimum atomic E-state index is -2.95. The third-order valence-corrected chi connectivity index (χ3v) is 3.89. The Morgan fingerprint density at radius 2 is 2.21 bits per heavy atom. The van der Waals surface area contributed by atoms with Crippen molar-refractivity contribution in [3.8, 4) is 5.75 Å². The zero-order chi connectivity index (χ0) is 17.1. The molecule has 138 valence electrons. The van der Waals surface area contributed by atoms with E-state index in [2.05, 4.69) is 20.6 Å². The number of halogens is 1. The van der Waals surface area contributed by atoms with Crippen LogP contribution in [-0.2, 0) is 9.84 Å².